The van der Waals surface area contributed by atoms with Crippen LogP contribution in [0, 0.1) is 5.92 Å². The fourth-order valence-corrected chi connectivity index (χ4v) is 1.08. The molecule has 0 aliphatic carbocycles. The summed E-state index contributed by atoms with van der Waals surface area (Å²) in [6.45, 7) is 0.365. The summed E-state index contributed by atoms with van der Waals surface area (Å²) in [5.41, 5.74) is 0. The van der Waals surface area contributed by atoms with Crippen LogP contribution in [-0.2, 0) is 9.32 Å². The Morgan fingerprint density at radius 2 is 2.27 bits per heavy atom. The molecule has 0 rings (SSSR count). The molecule has 0 amide bonds. The number of aliphatic hydroxyl groups is 1. The lowest BCUT2D eigenvalue weighted by Crippen LogP contribution is -2.13. The molecular weight excluding hydrogens is 167 g/mol. The van der Waals surface area contributed by atoms with Crippen LogP contribution in [0.5, 0.6) is 0 Å². The van der Waals surface area contributed by atoms with Gasteiger partial charge in [-0.1, -0.05) is 0 Å². The van der Waals surface area contributed by atoms with Crippen LogP contribution in [0.3, 0.4) is 0 Å². The van der Waals surface area contributed by atoms with Crippen molar-refractivity contribution in [1.82, 2.24) is 0 Å². The number of hydrogen-bond donors (Lipinski definition) is 2. The molecule has 2 atom stereocenters. The van der Waals surface area contributed by atoms with Gasteiger partial charge < -0.3 is 14.7 Å². The maximum absolute atomic E-state index is 10.2. The number of rotatable bonds is 6. The fraction of sp³-hybridized carbons (Fsp3) is 0.833. The third-order valence-electron chi connectivity index (χ3n) is 1.33. The normalized spacial score (nSPS) is 12.9. The first-order chi connectivity index (χ1) is 5.20. The van der Waals surface area contributed by atoms with E-state index in [1.807, 2.05) is 0 Å². The van der Waals surface area contributed by atoms with Crippen LogP contribution in [-0.4, -0.2) is 29.4 Å². The third-order valence-corrected chi connectivity index (χ3v) is 1.53. The van der Waals surface area contributed by atoms with Gasteiger partial charge in [-0.3, -0.25) is 4.79 Å². The summed E-state index contributed by atoms with van der Waals surface area (Å²) in [4.78, 5) is 10.2. The topological polar surface area (TPSA) is 66.8 Å². The molecule has 0 saturated heterocycles. The molecule has 2 N–H and O–H groups in total. The van der Waals surface area contributed by atoms with E-state index in [0.717, 1.165) is 0 Å². The van der Waals surface area contributed by atoms with E-state index < -0.39 is 5.97 Å². The minimum absolute atomic E-state index is 0.00593. The van der Waals surface area contributed by atoms with E-state index in [0.29, 0.717) is 13.0 Å². The van der Waals surface area contributed by atoms with E-state index in [1.54, 1.807) is 0 Å². The van der Waals surface area contributed by atoms with Gasteiger partial charge in [0.2, 0.25) is 0 Å². The summed E-state index contributed by atoms with van der Waals surface area (Å²) in [5.74, 6) is -0.944. The van der Waals surface area contributed by atoms with Crippen LogP contribution in [0.25, 0.3) is 0 Å². The first-order valence-corrected chi connectivity index (χ1v) is 3.82. The highest BCUT2D eigenvalue weighted by molar-refractivity contribution is 7.09. The van der Waals surface area contributed by atoms with Crippen LogP contribution < -0.4 is 0 Å². The molecule has 66 valence electrons. The molecule has 0 radical (unpaired) electrons. The molecule has 0 aliphatic heterocycles. The van der Waals surface area contributed by atoms with E-state index in [4.69, 9.17) is 14.7 Å². The second kappa shape index (κ2) is 6.53. The highest BCUT2D eigenvalue weighted by Crippen LogP contribution is 2.09. The summed E-state index contributed by atoms with van der Waals surface area (Å²) >= 11 is 0. The zero-order chi connectivity index (χ0) is 8.69. The number of carboxylic acids is 1. The van der Waals surface area contributed by atoms with E-state index in [2.05, 4.69) is 9.47 Å². The Kier molecular flexibility index (Phi) is 6.42. The molecule has 4 nitrogen and oxygen atoms in total. The van der Waals surface area contributed by atoms with Crippen molar-refractivity contribution in [2.24, 2.45) is 5.92 Å². The molecule has 0 aromatic rings. The quantitative estimate of drug-likeness (QED) is 0.575. The smallest absolute Gasteiger partial charge is 0.303 e. The summed E-state index contributed by atoms with van der Waals surface area (Å²) in [6.07, 6.45) is 0.523. The number of aliphatic hydroxyl groups excluding tert-OH is 1. The van der Waals surface area contributed by atoms with Crippen molar-refractivity contribution in [3.05, 3.63) is 0 Å². The monoisotopic (exact) mass is 180 g/mol. The summed E-state index contributed by atoms with van der Waals surface area (Å²) in [7, 11) is 2.06. The van der Waals surface area contributed by atoms with Crippen LogP contribution in [0.1, 0.15) is 12.8 Å². The lowest BCUT2D eigenvalue weighted by atomic mass is 10.0. The van der Waals surface area contributed by atoms with Crippen molar-refractivity contribution >= 4 is 15.4 Å². The molecule has 0 bridgehead atoms. The fourth-order valence-electron chi connectivity index (χ4n) is 0.810. The average molecular weight is 180 g/mol. The molecule has 0 aromatic carbocycles. The van der Waals surface area contributed by atoms with Crippen molar-refractivity contribution in [1.29, 1.82) is 0 Å². The minimum atomic E-state index is -0.856. The lowest BCUT2D eigenvalue weighted by Gasteiger charge is -2.10. The van der Waals surface area contributed by atoms with Gasteiger partial charge in [-0.2, -0.15) is 0 Å². The Balaban J connectivity index is 3.59. The van der Waals surface area contributed by atoms with Crippen molar-refractivity contribution in [3.8, 4) is 0 Å². The van der Waals surface area contributed by atoms with E-state index in [9.17, 15) is 4.79 Å². The van der Waals surface area contributed by atoms with Crippen LogP contribution in [0.4, 0.5) is 0 Å². The highest BCUT2D eigenvalue weighted by Gasteiger charge is 2.11. The maximum Gasteiger partial charge on any atom is 0.303 e. The zero-order valence-corrected chi connectivity index (χ0v) is 7.35. The second-order valence-electron chi connectivity index (χ2n) is 2.31. The molecular formula is C6H13O4P. The summed E-state index contributed by atoms with van der Waals surface area (Å²) in [6, 6.07) is 0. The molecule has 0 aromatic heterocycles. The first kappa shape index (κ1) is 10.8. The molecule has 0 fully saturated rings. The predicted octanol–water partition coefficient (Wildman–Crippen LogP) is 0.266. The molecule has 0 saturated carbocycles. The Morgan fingerprint density at radius 3 is 2.64 bits per heavy atom. The Labute approximate surface area is 67.8 Å². The van der Waals surface area contributed by atoms with Gasteiger partial charge in [0.25, 0.3) is 0 Å². The highest BCUT2D eigenvalue weighted by atomic mass is 31.0. The van der Waals surface area contributed by atoms with Gasteiger partial charge in [-0.25, -0.2) is 0 Å². The number of carbonyl (C=O) groups is 1. The SMILES string of the molecule is O=C(O)CC(CCO)COP. The maximum atomic E-state index is 10.2. The Bertz CT molecular complexity index is 111. The van der Waals surface area contributed by atoms with Gasteiger partial charge >= 0.3 is 5.97 Å². The number of carboxylic acid groups (broad SMARTS) is 1. The van der Waals surface area contributed by atoms with Gasteiger partial charge in [0.05, 0.1) is 13.0 Å². The van der Waals surface area contributed by atoms with Crippen molar-refractivity contribution < 1.29 is 19.5 Å². The van der Waals surface area contributed by atoms with Crippen molar-refractivity contribution in [2.75, 3.05) is 13.2 Å². The van der Waals surface area contributed by atoms with Crippen LogP contribution in [0.2, 0.25) is 0 Å². The van der Waals surface area contributed by atoms with Crippen LogP contribution in [0.15, 0.2) is 0 Å². The van der Waals surface area contributed by atoms with Gasteiger partial charge in [-0.05, 0) is 12.3 Å². The van der Waals surface area contributed by atoms with Crippen LogP contribution >= 0.6 is 9.47 Å². The molecule has 11 heavy (non-hydrogen) atoms. The minimum Gasteiger partial charge on any atom is -0.481 e. The van der Waals surface area contributed by atoms with E-state index in [-0.39, 0.29) is 18.9 Å². The number of hydrogen-bond acceptors (Lipinski definition) is 3. The lowest BCUT2D eigenvalue weighted by molar-refractivity contribution is -0.138. The summed E-state index contributed by atoms with van der Waals surface area (Å²) in [5, 5.41) is 16.9. The largest absolute Gasteiger partial charge is 0.481 e. The molecule has 0 heterocycles. The average Bonchev–Trinajstić information content (AvgIpc) is 1.87. The Morgan fingerprint density at radius 1 is 1.64 bits per heavy atom. The van der Waals surface area contributed by atoms with Gasteiger partial charge in [-0.15, -0.1) is 0 Å². The van der Waals surface area contributed by atoms with Gasteiger partial charge in [0.1, 0.15) is 0 Å². The second-order valence-corrected chi connectivity index (χ2v) is 2.64. The predicted molar refractivity (Wildman–Crippen MR) is 43.1 cm³/mol. The first-order valence-electron chi connectivity index (χ1n) is 3.35. The molecule has 0 spiro atoms. The van der Waals surface area contributed by atoms with Gasteiger partial charge in [0.15, 0.2) is 0 Å². The van der Waals surface area contributed by atoms with Crippen molar-refractivity contribution in [3.63, 3.8) is 0 Å². The third kappa shape index (κ3) is 6.23. The van der Waals surface area contributed by atoms with E-state index in [1.165, 1.54) is 0 Å². The molecule has 5 heteroatoms. The standard InChI is InChI=1S/C6H13O4P/c7-2-1-5(4-10-11)3-6(8)9/h5,7H,1-4,11H2,(H,8,9). The Hall–Kier alpha value is -0.180. The summed E-state index contributed by atoms with van der Waals surface area (Å²) < 4.78 is 4.70. The number of aliphatic carboxylic acids is 1. The molecule has 2 unspecified atom stereocenters. The van der Waals surface area contributed by atoms with Gasteiger partial charge in [0, 0.05) is 16.1 Å². The van der Waals surface area contributed by atoms with Crippen molar-refractivity contribution in [2.45, 2.75) is 12.8 Å². The zero-order valence-electron chi connectivity index (χ0n) is 6.19. The van der Waals surface area contributed by atoms with E-state index >= 15 is 0 Å². The molecule has 0 aliphatic rings.